The molecule has 0 aliphatic heterocycles. The summed E-state index contributed by atoms with van der Waals surface area (Å²) in [7, 11) is 0. The van der Waals surface area contributed by atoms with Gasteiger partial charge in [-0.2, -0.15) is 0 Å². The Bertz CT molecular complexity index is 597. The Morgan fingerprint density at radius 2 is 2.11 bits per heavy atom. The van der Waals surface area contributed by atoms with E-state index in [1.54, 1.807) is 18.5 Å². The molecular weight excluding hydrogens is 230 g/mol. The van der Waals surface area contributed by atoms with Crippen LogP contribution in [0.2, 0.25) is 0 Å². The molecular formula is C12H13N5O. The molecule has 2 rings (SSSR count). The SMILES string of the molecule is Cc1cncc(Nc2nc(C(N)=O)ccc2N)c1. The Kier molecular flexibility index (Phi) is 3.09. The molecule has 92 valence electrons. The molecule has 6 heteroatoms. The molecule has 6 nitrogen and oxygen atoms in total. The predicted molar refractivity (Wildman–Crippen MR) is 69.4 cm³/mol. The normalized spacial score (nSPS) is 10.1. The molecule has 5 N–H and O–H groups in total. The standard InChI is InChI=1S/C12H13N5O/c1-7-4-8(6-15-5-7)16-12-9(13)2-3-10(17-12)11(14)18/h2-6H,13H2,1H3,(H2,14,18)(H,16,17). The third-order valence-corrected chi connectivity index (χ3v) is 2.32. The van der Waals surface area contributed by atoms with Crippen LogP contribution in [0.4, 0.5) is 17.2 Å². The topological polar surface area (TPSA) is 107 Å². The molecule has 0 saturated carbocycles. The van der Waals surface area contributed by atoms with E-state index in [0.29, 0.717) is 11.5 Å². The summed E-state index contributed by atoms with van der Waals surface area (Å²) in [6, 6.07) is 4.96. The summed E-state index contributed by atoms with van der Waals surface area (Å²) < 4.78 is 0. The zero-order valence-corrected chi connectivity index (χ0v) is 9.84. The molecule has 0 saturated heterocycles. The number of nitrogens with zero attached hydrogens (tertiary/aromatic N) is 2. The lowest BCUT2D eigenvalue weighted by atomic mass is 10.2. The number of carbonyl (C=O) groups excluding carboxylic acids is 1. The lowest BCUT2D eigenvalue weighted by Crippen LogP contribution is -2.14. The molecule has 0 aliphatic carbocycles. The Hall–Kier alpha value is -2.63. The van der Waals surface area contributed by atoms with Crippen LogP contribution in [0.1, 0.15) is 16.1 Å². The van der Waals surface area contributed by atoms with Crippen molar-refractivity contribution in [2.24, 2.45) is 5.73 Å². The Balaban J connectivity index is 2.33. The van der Waals surface area contributed by atoms with Gasteiger partial charge in [-0.25, -0.2) is 4.98 Å². The van der Waals surface area contributed by atoms with Crippen molar-refractivity contribution in [1.82, 2.24) is 9.97 Å². The average Bonchev–Trinajstić information content (AvgIpc) is 2.31. The van der Waals surface area contributed by atoms with E-state index in [2.05, 4.69) is 15.3 Å². The van der Waals surface area contributed by atoms with Gasteiger partial charge in [0.25, 0.3) is 5.91 Å². The minimum Gasteiger partial charge on any atom is -0.396 e. The van der Waals surface area contributed by atoms with Gasteiger partial charge in [-0.05, 0) is 30.7 Å². The number of nitrogen functional groups attached to an aromatic ring is 1. The number of amides is 1. The van der Waals surface area contributed by atoms with Gasteiger partial charge in [0.1, 0.15) is 5.69 Å². The van der Waals surface area contributed by atoms with Gasteiger partial charge in [0.05, 0.1) is 17.6 Å². The van der Waals surface area contributed by atoms with Crippen LogP contribution in [0.3, 0.4) is 0 Å². The van der Waals surface area contributed by atoms with E-state index in [9.17, 15) is 4.79 Å². The second kappa shape index (κ2) is 4.70. The van der Waals surface area contributed by atoms with Crippen LogP contribution in [0.25, 0.3) is 0 Å². The van der Waals surface area contributed by atoms with E-state index in [-0.39, 0.29) is 5.69 Å². The second-order valence-corrected chi connectivity index (χ2v) is 3.87. The fraction of sp³-hybridized carbons (Fsp3) is 0.0833. The third kappa shape index (κ3) is 2.54. The number of pyridine rings is 2. The van der Waals surface area contributed by atoms with Gasteiger partial charge in [-0.1, -0.05) is 0 Å². The first-order valence-electron chi connectivity index (χ1n) is 5.31. The Morgan fingerprint density at radius 1 is 1.33 bits per heavy atom. The molecule has 0 bridgehead atoms. The van der Waals surface area contributed by atoms with Crippen molar-refractivity contribution in [1.29, 1.82) is 0 Å². The van der Waals surface area contributed by atoms with E-state index >= 15 is 0 Å². The monoisotopic (exact) mass is 243 g/mol. The fourth-order valence-electron chi connectivity index (χ4n) is 1.47. The highest BCUT2D eigenvalue weighted by molar-refractivity contribution is 5.92. The van der Waals surface area contributed by atoms with Crippen molar-refractivity contribution in [2.75, 3.05) is 11.1 Å². The summed E-state index contributed by atoms with van der Waals surface area (Å²) in [4.78, 5) is 19.2. The van der Waals surface area contributed by atoms with Crippen LogP contribution in [-0.4, -0.2) is 15.9 Å². The average molecular weight is 243 g/mol. The summed E-state index contributed by atoms with van der Waals surface area (Å²) in [5.41, 5.74) is 13.3. The van der Waals surface area contributed by atoms with E-state index in [1.807, 2.05) is 13.0 Å². The molecule has 0 fully saturated rings. The van der Waals surface area contributed by atoms with Crippen molar-refractivity contribution in [3.63, 3.8) is 0 Å². The maximum Gasteiger partial charge on any atom is 0.267 e. The first kappa shape index (κ1) is 11.8. The maximum atomic E-state index is 11.0. The highest BCUT2D eigenvalue weighted by Crippen LogP contribution is 2.21. The molecule has 0 unspecified atom stereocenters. The van der Waals surface area contributed by atoms with Crippen molar-refractivity contribution in [3.8, 4) is 0 Å². The molecule has 0 aromatic carbocycles. The van der Waals surface area contributed by atoms with Gasteiger partial charge in [0, 0.05) is 6.20 Å². The molecule has 2 heterocycles. The summed E-state index contributed by atoms with van der Waals surface area (Å²) in [5, 5.41) is 3.00. The van der Waals surface area contributed by atoms with Crippen molar-refractivity contribution >= 4 is 23.1 Å². The third-order valence-electron chi connectivity index (χ3n) is 2.32. The minimum atomic E-state index is -0.597. The maximum absolute atomic E-state index is 11.0. The molecule has 0 aliphatic rings. The molecule has 1 amide bonds. The van der Waals surface area contributed by atoms with E-state index in [4.69, 9.17) is 11.5 Å². The number of aromatic nitrogens is 2. The fourth-order valence-corrected chi connectivity index (χ4v) is 1.47. The zero-order valence-electron chi connectivity index (χ0n) is 9.84. The van der Waals surface area contributed by atoms with E-state index in [0.717, 1.165) is 11.3 Å². The molecule has 0 radical (unpaired) electrons. The van der Waals surface area contributed by atoms with Crippen LogP contribution in [0, 0.1) is 6.92 Å². The summed E-state index contributed by atoms with van der Waals surface area (Å²) >= 11 is 0. The Morgan fingerprint density at radius 3 is 2.78 bits per heavy atom. The summed E-state index contributed by atoms with van der Waals surface area (Å²) in [6.45, 7) is 1.93. The van der Waals surface area contributed by atoms with Gasteiger partial charge >= 0.3 is 0 Å². The van der Waals surface area contributed by atoms with Gasteiger partial charge in [-0.3, -0.25) is 9.78 Å². The van der Waals surface area contributed by atoms with Crippen molar-refractivity contribution in [2.45, 2.75) is 6.92 Å². The number of anilines is 3. The smallest absolute Gasteiger partial charge is 0.267 e. The summed E-state index contributed by atoms with van der Waals surface area (Å²) in [6.07, 6.45) is 3.38. The van der Waals surface area contributed by atoms with Crippen LogP contribution in [-0.2, 0) is 0 Å². The van der Waals surface area contributed by atoms with Gasteiger partial charge in [0.2, 0.25) is 0 Å². The molecule has 2 aromatic heterocycles. The molecule has 0 spiro atoms. The van der Waals surface area contributed by atoms with E-state index in [1.165, 1.54) is 6.07 Å². The number of aryl methyl sites for hydroxylation is 1. The van der Waals surface area contributed by atoms with E-state index < -0.39 is 5.91 Å². The summed E-state index contributed by atoms with van der Waals surface area (Å²) in [5.74, 6) is -0.209. The number of nitrogens with one attached hydrogen (secondary N) is 1. The number of hydrogen-bond acceptors (Lipinski definition) is 5. The Labute approximate surface area is 104 Å². The lowest BCUT2D eigenvalue weighted by Gasteiger charge is -2.09. The van der Waals surface area contributed by atoms with Crippen LogP contribution in [0.15, 0.2) is 30.6 Å². The first-order chi connectivity index (χ1) is 8.56. The minimum absolute atomic E-state index is 0.160. The highest BCUT2D eigenvalue weighted by Gasteiger charge is 2.07. The van der Waals surface area contributed by atoms with Gasteiger partial charge in [-0.15, -0.1) is 0 Å². The zero-order chi connectivity index (χ0) is 13.1. The quantitative estimate of drug-likeness (QED) is 0.751. The number of carbonyl (C=O) groups is 1. The largest absolute Gasteiger partial charge is 0.396 e. The molecule has 0 atom stereocenters. The van der Waals surface area contributed by atoms with Crippen molar-refractivity contribution < 1.29 is 4.79 Å². The molecule has 2 aromatic rings. The predicted octanol–water partition coefficient (Wildman–Crippen LogP) is 1.21. The second-order valence-electron chi connectivity index (χ2n) is 3.87. The van der Waals surface area contributed by atoms with Gasteiger partial charge < -0.3 is 16.8 Å². The first-order valence-corrected chi connectivity index (χ1v) is 5.31. The number of nitrogens with two attached hydrogens (primary N) is 2. The van der Waals surface area contributed by atoms with Crippen LogP contribution < -0.4 is 16.8 Å². The highest BCUT2D eigenvalue weighted by atomic mass is 16.1. The van der Waals surface area contributed by atoms with Gasteiger partial charge in [0.15, 0.2) is 5.82 Å². The van der Waals surface area contributed by atoms with Crippen LogP contribution >= 0.6 is 0 Å². The molecule has 18 heavy (non-hydrogen) atoms. The van der Waals surface area contributed by atoms with Crippen LogP contribution in [0.5, 0.6) is 0 Å². The number of primary amides is 1. The van der Waals surface area contributed by atoms with Crippen molar-refractivity contribution in [3.05, 3.63) is 41.9 Å². The number of rotatable bonds is 3. The lowest BCUT2D eigenvalue weighted by molar-refractivity contribution is 0.0996. The number of hydrogen-bond donors (Lipinski definition) is 3.